The number of hydrogen-bond donors (Lipinski definition) is 1. The van der Waals surface area contributed by atoms with Gasteiger partial charge < -0.3 is 10.1 Å². The average Bonchev–Trinajstić information content (AvgIpc) is 3.29. The van der Waals surface area contributed by atoms with Gasteiger partial charge in [0.25, 0.3) is 0 Å². The maximum Gasteiger partial charge on any atom is 0.122 e. The predicted molar refractivity (Wildman–Crippen MR) is 79.0 cm³/mol. The summed E-state index contributed by atoms with van der Waals surface area (Å²) in [7, 11) is 1.80. The van der Waals surface area contributed by atoms with Crippen LogP contribution in [-0.4, -0.2) is 19.7 Å². The molecule has 0 radical (unpaired) electrons. The maximum absolute atomic E-state index is 5.66. The Balaban J connectivity index is 1.82. The Morgan fingerprint density at radius 1 is 1.32 bits per heavy atom. The quantitative estimate of drug-likeness (QED) is 0.842. The molecule has 0 aliphatic heterocycles. The topological polar surface area (TPSA) is 21.3 Å². The van der Waals surface area contributed by atoms with Crippen molar-refractivity contribution in [3.63, 3.8) is 0 Å². The zero-order valence-corrected chi connectivity index (χ0v) is 12.3. The standard InChI is InChI=1S/C17H25NO/c1-12(2)13-4-7-15(16(10-13)19-3)17(8-9-17)11-18-14-5-6-14/h4,7,10,12,14,18H,5-6,8-9,11H2,1-3H3. The Labute approximate surface area is 116 Å². The number of ether oxygens (including phenoxy) is 1. The number of nitrogens with one attached hydrogen (secondary N) is 1. The zero-order chi connectivity index (χ0) is 13.5. The van der Waals surface area contributed by atoms with Gasteiger partial charge in [0.15, 0.2) is 0 Å². The Morgan fingerprint density at radius 2 is 2.05 bits per heavy atom. The number of rotatable bonds is 6. The van der Waals surface area contributed by atoms with Crippen molar-refractivity contribution in [2.75, 3.05) is 13.7 Å². The lowest BCUT2D eigenvalue weighted by molar-refractivity contribution is 0.400. The van der Waals surface area contributed by atoms with E-state index in [2.05, 4.69) is 37.4 Å². The van der Waals surface area contributed by atoms with E-state index in [1.165, 1.54) is 36.8 Å². The van der Waals surface area contributed by atoms with Crippen LogP contribution in [0.1, 0.15) is 56.6 Å². The molecule has 19 heavy (non-hydrogen) atoms. The first-order chi connectivity index (χ1) is 9.14. The molecular weight excluding hydrogens is 234 g/mol. The van der Waals surface area contributed by atoms with Crippen molar-refractivity contribution in [3.05, 3.63) is 29.3 Å². The third-order valence-corrected chi connectivity index (χ3v) is 4.62. The van der Waals surface area contributed by atoms with Crippen LogP contribution < -0.4 is 10.1 Å². The summed E-state index contributed by atoms with van der Waals surface area (Å²) in [5.74, 6) is 1.64. The Bertz CT molecular complexity index is 458. The van der Waals surface area contributed by atoms with Crippen LogP contribution in [0.15, 0.2) is 18.2 Å². The minimum Gasteiger partial charge on any atom is -0.496 e. The molecule has 0 amide bonds. The fourth-order valence-electron chi connectivity index (χ4n) is 2.82. The molecule has 2 aliphatic rings. The molecule has 0 bridgehead atoms. The van der Waals surface area contributed by atoms with Crippen LogP contribution >= 0.6 is 0 Å². The molecule has 1 aromatic carbocycles. The molecule has 104 valence electrons. The number of hydrogen-bond acceptors (Lipinski definition) is 2. The molecular formula is C17H25NO. The fourth-order valence-corrected chi connectivity index (χ4v) is 2.82. The van der Waals surface area contributed by atoms with Gasteiger partial charge in [-0.15, -0.1) is 0 Å². The van der Waals surface area contributed by atoms with Gasteiger partial charge in [0, 0.05) is 23.6 Å². The molecule has 3 rings (SSSR count). The highest BCUT2D eigenvalue weighted by Crippen LogP contribution is 2.51. The van der Waals surface area contributed by atoms with Crippen LogP contribution in [0, 0.1) is 0 Å². The van der Waals surface area contributed by atoms with Crippen molar-refractivity contribution in [2.45, 2.75) is 56.9 Å². The normalized spacial score (nSPS) is 20.6. The molecule has 2 aliphatic carbocycles. The second-order valence-electron chi connectivity index (χ2n) is 6.55. The van der Waals surface area contributed by atoms with Gasteiger partial charge in [-0.3, -0.25) is 0 Å². The summed E-state index contributed by atoms with van der Waals surface area (Å²) in [6.07, 6.45) is 5.31. The van der Waals surface area contributed by atoms with Crippen LogP contribution in [0.2, 0.25) is 0 Å². The predicted octanol–water partition coefficient (Wildman–Crippen LogP) is 3.60. The largest absolute Gasteiger partial charge is 0.496 e. The van der Waals surface area contributed by atoms with Crippen LogP contribution in [0.5, 0.6) is 5.75 Å². The van der Waals surface area contributed by atoms with E-state index in [-0.39, 0.29) is 0 Å². The lowest BCUT2D eigenvalue weighted by Gasteiger charge is -2.21. The minimum atomic E-state index is 0.351. The van der Waals surface area contributed by atoms with Crippen molar-refractivity contribution in [3.8, 4) is 5.75 Å². The summed E-state index contributed by atoms with van der Waals surface area (Å²) in [5.41, 5.74) is 3.13. The van der Waals surface area contributed by atoms with Gasteiger partial charge in [-0.25, -0.2) is 0 Å². The molecule has 2 nitrogen and oxygen atoms in total. The van der Waals surface area contributed by atoms with Gasteiger partial charge in [-0.05, 0) is 43.2 Å². The smallest absolute Gasteiger partial charge is 0.122 e. The van der Waals surface area contributed by atoms with Gasteiger partial charge >= 0.3 is 0 Å². The molecule has 0 atom stereocenters. The van der Waals surface area contributed by atoms with Crippen molar-refractivity contribution < 1.29 is 4.74 Å². The SMILES string of the molecule is COc1cc(C(C)C)ccc1C1(CNC2CC2)CC1. The van der Waals surface area contributed by atoms with E-state index in [9.17, 15) is 0 Å². The summed E-state index contributed by atoms with van der Waals surface area (Å²) < 4.78 is 5.66. The van der Waals surface area contributed by atoms with Crippen molar-refractivity contribution in [1.29, 1.82) is 0 Å². The summed E-state index contributed by atoms with van der Waals surface area (Å²) in [5, 5.41) is 3.69. The van der Waals surface area contributed by atoms with E-state index in [1.807, 2.05) is 0 Å². The van der Waals surface area contributed by atoms with Gasteiger partial charge in [-0.2, -0.15) is 0 Å². The number of methoxy groups -OCH3 is 1. The minimum absolute atomic E-state index is 0.351. The first kappa shape index (κ1) is 13.0. The lowest BCUT2D eigenvalue weighted by atomic mass is 9.91. The van der Waals surface area contributed by atoms with E-state index in [4.69, 9.17) is 4.74 Å². The third-order valence-electron chi connectivity index (χ3n) is 4.62. The summed E-state index contributed by atoms with van der Waals surface area (Å²) in [6, 6.07) is 7.60. The van der Waals surface area contributed by atoms with Crippen LogP contribution in [0.3, 0.4) is 0 Å². The lowest BCUT2D eigenvalue weighted by Crippen LogP contribution is -2.28. The van der Waals surface area contributed by atoms with Gasteiger partial charge in [0.05, 0.1) is 7.11 Å². The molecule has 1 aromatic rings. The molecule has 2 fully saturated rings. The highest BCUT2D eigenvalue weighted by atomic mass is 16.5. The monoisotopic (exact) mass is 259 g/mol. The first-order valence-corrected chi connectivity index (χ1v) is 7.56. The van der Waals surface area contributed by atoms with Gasteiger partial charge in [0.2, 0.25) is 0 Å². The molecule has 2 heteroatoms. The Kier molecular flexibility index (Phi) is 3.30. The Morgan fingerprint density at radius 3 is 2.58 bits per heavy atom. The summed E-state index contributed by atoms with van der Waals surface area (Å²) in [4.78, 5) is 0. The van der Waals surface area contributed by atoms with E-state index in [1.54, 1.807) is 7.11 Å². The van der Waals surface area contributed by atoms with Crippen molar-refractivity contribution in [2.24, 2.45) is 0 Å². The molecule has 0 saturated heterocycles. The van der Waals surface area contributed by atoms with Crippen LogP contribution in [0.25, 0.3) is 0 Å². The molecule has 2 saturated carbocycles. The van der Waals surface area contributed by atoms with Crippen LogP contribution in [0.4, 0.5) is 0 Å². The van der Waals surface area contributed by atoms with Crippen molar-refractivity contribution >= 4 is 0 Å². The van der Waals surface area contributed by atoms with E-state index in [0.717, 1.165) is 18.3 Å². The maximum atomic E-state index is 5.66. The fraction of sp³-hybridized carbons (Fsp3) is 0.647. The summed E-state index contributed by atoms with van der Waals surface area (Å²) >= 11 is 0. The van der Waals surface area contributed by atoms with E-state index in [0.29, 0.717) is 11.3 Å². The first-order valence-electron chi connectivity index (χ1n) is 7.56. The second kappa shape index (κ2) is 4.82. The second-order valence-corrected chi connectivity index (χ2v) is 6.55. The highest BCUT2D eigenvalue weighted by molar-refractivity contribution is 5.46. The van der Waals surface area contributed by atoms with Gasteiger partial charge in [0.1, 0.15) is 5.75 Å². The van der Waals surface area contributed by atoms with E-state index < -0.39 is 0 Å². The third kappa shape index (κ3) is 2.64. The van der Waals surface area contributed by atoms with Crippen molar-refractivity contribution in [1.82, 2.24) is 5.32 Å². The molecule has 0 unspecified atom stereocenters. The molecule has 0 heterocycles. The number of benzene rings is 1. The van der Waals surface area contributed by atoms with E-state index >= 15 is 0 Å². The average molecular weight is 259 g/mol. The summed E-state index contributed by atoms with van der Waals surface area (Å²) in [6.45, 7) is 5.58. The molecule has 0 spiro atoms. The van der Waals surface area contributed by atoms with Gasteiger partial charge in [-0.1, -0.05) is 26.0 Å². The highest BCUT2D eigenvalue weighted by Gasteiger charge is 2.46. The zero-order valence-electron chi connectivity index (χ0n) is 12.3. The molecule has 1 N–H and O–H groups in total. The molecule has 0 aromatic heterocycles. The Hall–Kier alpha value is -1.02. The van der Waals surface area contributed by atoms with Crippen LogP contribution in [-0.2, 0) is 5.41 Å².